The summed E-state index contributed by atoms with van der Waals surface area (Å²) in [5.74, 6) is 0. The molecule has 2 heterocycles. The molecule has 0 amide bonds. The molecule has 3 rings (SSSR count). The first-order valence-electron chi connectivity index (χ1n) is 6.54. The maximum absolute atomic E-state index is 12.1. The number of ether oxygens (including phenoxy) is 1. The van der Waals surface area contributed by atoms with Crippen LogP contribution >= 0.6 is 11.8 Å². The largest absolute Gasteiger partial charge is 0.468 e. The molecule has 0 N–H and O–H groups in total. The van der Waals surface area contributed by atoms with Crippen molar-refractivity contribution in [2.45, 2.75) is 30.0 Å². The number of rotatable bonds is 3. The van der Waals surface area contributed by atoms with Gasteiger partial charge in [-0.3, -0.25) is 9.36 Å². The van der Waals surface area contributed by atoms with Crippen molar-refractivity contribution >= 4 is 11.8 Å². The Labute approximate surface area is 121 Å². The lowest BCUT2D eigenvalue weighted by Gasteiger charge is -2.14. The second-order valence-corrected chi connectivity index (χ2v) is 6.23. The van der Waals surface area contributed by atoms with Gasteiger partial charge in [-0.05, 0) is 25.0 Å². The molecule has 0 saturated heterocycles. The van der Waals surface area contributed by atoms with E-state index in [2.05, 4.69) is 29.2 Å². The Hall–Kier alpha value is -1.75. The Bertz CT molecular complexity index is 672. The van der Waals surface area contributed by atoms with Crippen LogP contribution in [-0.2, 0) is 13.0 Å². The van der Waals surface area contributed by atoms with E-state index in [4.69, 9.17) is 4.74 Å². The molecule has 1 aromatic carbocycles. The van der Waals surface area contributed by atoms with Gasteiger partial charge in [-0.15, -0.1) is 11.8 Å². The second-order valence-electron chi connectivity index (χ2n) is 4.88. The van der Waals surface area contributed by atoms with Gasteiger partial charge < -0.3 is 4.74 Å². The van der Waals surface area contributed by atoms with E-state index in [0.717, 1.165) is 6.42 Å². The van der Waals surface area contributed by atoms with Gasteiger partial charge in [-0.25, -0.2) is 4.98 Å². The number of thioether (sulfide) groups is 1. The third kappa shape index (κ3) is 2.45. The highest BCUT2D eigenvalue weighted by molar-refractivity contribution is 8.00. The summed E-state index contributed by atoms with van der Waals surface area (Å²) < 4.78 is 6.86. The number of benzene rings is 1. The molecule has 0 bridgehead atoms. The molecule has 104 valence electrons. The van der Waals surface area contributed by atoms with Crippen LogP contribution in [0.4, 0.5) is 0 Å². The fraction of sp³-hybridized carbons (Fsp3) is 0.333. The lowest BCUT2D eigenvalue weighted by molar-refractivity contribution is 0.343. The first-order valence-corrected chi connectivity index (χ1v) is 7.42. The Kier molecular flexibility index (Phi) is 3.53. The van der Waals surface area contributed by atoms with Crippen LogP contribution in [0.15, 0.2) is 40.0 Å². The van der Waals surface area contributed by atoms with Gasteiger partial charge in [-0.2, -0.15) is 0 Å². The number of hydrogen-bond donors (Lipinski definition) is 0. The average molecular weight is 288 g/mol. The van der Waals surface area contributed by atoms with Crippen LogP contribution in [0.1, 0.15) is 11.3 Å². The predicted molar refractivity (Wildman–Crippen MR) is 79.6 cm³/mol. The maximum atomic E-state index is 12.1. The minimum atomic E-state index is -0.0501. The quantitative estimate of drug-likeness (QED) is 0.869. The maximum Gasteiger partial charge on any atom is 0.299 e. The number of aryl methyl sites for hydroxylation is 1. The third-order valence-electron chi connectivity index (χ3n) is 3.38. The molecule has 0 fully saturated rings. The Balaban J connectivity index is 1.85. The zero-order valence-electron chi connectivity index (χ0n) is 11.5. The lowest BCUT2D eigenvalue weighted by atomic mass is 10.1. The third-order valence-corrected chi connectivity index (χ3v) is 4.69. The van der Waals surface area contributed by atoms with Gasteiger partial charge in [-0.1, -0.05) is 18.2 Å². The van der Waals surface area contributed by atoms with Gasteiger partial charge >= 0.3 is 0 Å². The molecule has 1 unspecified atom stereocenters. The van der Waals surface area contributed by atoms with Gasteiger partial charge in [0, 0.05) is 28.5 Å². The second kappa shape index (κ2) is 5.32. The van der Waals surface area contributed by atoms with E-state index in [1.54, 1.807) is 24.7 Å². The summed E-state index contributed by atoms with van der Waals surface area (Å²) in [6.07, 6.45) is 0.976. The summed E-state index contributed by atoms with van der Waals surface area (Å²) in [6, 6.07) is 10.3. The molecule has 1 aliphatic rings. The minimum Gasteiger partial charge on any atom is -0.468 e. The summed E-state index contributed by atoms with van der Waals surface area (Å²) in [7, 11) is 1.55. The topological polar surface area (TPSA) is 44.1 Å². The lowest BCUT2D eigenvalue weighted by Crippen LogP contribution is -2.27. The van der Waals surface area contributed by atoms with Crippen molar-refractivity contribution in [3.05, 3.63) is 51.9 Å². The van der Waals surface area contributed by atoms with E-state index in [9.17, 15) is 4.79 Å². The molecule has 5 heteroatoms. The number of nitrogens with zero attached hydrogens (tertiary/aromatic N) is 2. The predicted octanol–water partition coefficient (Wildman–Crippen LogP) is 2.28. The van der Waals surface area contributed by atoms with Crippen molar-refractivity contribution in [1.29, 1.82) is 0 Å². The Morgan fingerprint density at radius 3 is 3.00 bits per heavy atom. The van der Waals surface area contributed by atoms with Crippen molar-refractivity contribution < 1.29 is 4.74 Å². The van der Waals surface area contributed by atoms with Crippen molar-refractivity contribution in [2.24, 2.45) is 0 Å². The van der Waals surface area contributed by atoms with Gasteiger partial charge in [0.15, 0.2) is 0 Å². The fourth-order valence-corrected chi connectivity index (χ4v) is 3.78. The van der Waals surface area contributed by atoms with Gasteiger partial charge in [0.25, 0.3) is 11.6 Å². The summed E-state index contributed by atoms with van der Waals surface area (Å²) in [5, 5.41) is 0.350. The molecule has 4 nitrogen and oxygen atoms in total. The summed E-state index contributed by atoms with van der Waals surface area (Å²) in [5.41, 5.74) is 1.99. The van der Waals surface area contributed by atoms with E-state index in [1.807, 2.05) is 11.8 Å². The molecular formula is C15H16N2O2S. The van der Waals surface area contributed by atoms with Crippen molar-refractivity contribution in [3.8, 4) is 6.01 Å². The van der Waals surface area contributed by atoms with E-state index in [-0.39, 0.29) is 5.56 Å². The minimum absolute atomic E-state index is 0.0501. The first kappa shape index (κ1) is 13.2. The number of aromatic nitrogens is 2. The normalized spacial score (nSPS) is 17.0. The first-order chi connectivity index (χ1) is 9.67. The van der Waals surface area contributed by atoms with E-state index >= 15 is 0 Å². The standard InChI is InChI=1S/C15H16N2O2S/c1-10-7-14(18)17(15(16-10)19-2)9-12-8-11-5-3-4-6-13(11)20-12/h3-7,12H,8-9H2,1-2H3. The van der Waals surface area contributed by atoms with Crippen molar-refractivity contribution in [2.75, 3.05) is 7.11 Å². The van der Waals surface area contributed by atoms with Crippen LogP contribution in [0.2, 0.25) is 0 Å². The monoisotopic (exact) mass is 288 g/mol. The van der Waals surface area contributed by atoms with Crippen LogP contribution in [-0.4, -0.2) is 21.9 Å². The summed E-state index contributed by atoms with van der Waals surface area (Å²) >= 11 is 1.82. The van der Waals surface area contributed by atoms with Crippen LogP contribution in [0, 0.1) is 6.92 Å². The Morgan fingerprint density at radius 2 is 2.25 bits per heavy atom. The van der Waals surface area contributed by atoms with Crippen LogP contribution in [0.5, 0.6) is 6.01 Å². The van der Waals surface area contributed by atoms with Crippen LogP contribution in [0.25, 0.3) is 0 Å². The highest BCUT2D eigenvalue weighted by atomic mass is 32.2. The summed E-state index contributed by atoms with van der Waals surface area (Å²) in [4.78, 5) is 17.7. The van der Waals surface area contributed by atoms with Crippen molar-refractivity contribution in [1.82, 2.24) is 9.55 Å². The number of fused-ring (bicyclic) bond motifs is 1. The molecule has 0 saturated carbocycles. The Morgan fingerprint density at radius 1 is 1.45 bits per heavy atom. The highest BCUT2D eigenvalue weighted by Gasteiger charge is 2.23. The molecule has 0 radical (unpaired) electrons. The van der Waals surface area contributed by atoms with Gasteiger partial charge in [0.2, 0.25) is 0 Å². The molecular weight excluding hydrogens is 272 g/mol. The SMILES string of the molecule is COc1nc(C)cc(=O)n1CC1Cc2ccccc2S1. The van der Waals surface area contributed by atoms with E-state index < -0.39 is 0 Å². The fourth-order valence-electron chi connectivity index (χ4n) is 2.48. The molecule has 0 spiro atoms. The van der Waals surface area contributed by atoms with Crippen molar-refractivity contribution in [3.63, 3.8) is 0 Å². The number of methoxy groups -OCH3 is 1. The molecule has 2 aromatic rings. The van der Waals surface area contributed by atoms with Gasteiger partial charge in [0.05, 0.1) is 7.11 Å². The number of hydrogen-bond acceptors (Lipinski definition) is 4. The smallest absolute Gasteiger partial charge is 0.299 e. The zero-order valence-corrected chi connectivity index (χ0v) is 12.3. The molecule has 20 heavy (non-hydrogen) atoms. The highest BCUT2D eigenvalue weighted by Crippen LogP contribution is 2.37. The molecule has 1 atom stereocenters. The van der Waals surface area contributed by atoms with Crippen LogP contribution in [0.3, 0.4) is 0 Å². The molecule has 1 aromatic heterocycles. The van der Waals surface area contributed by atoms with Gasteiger partial charge in [0.1, 0.15) is 0 Å². The zero-order chi connectivity index (χ0) is 14.1. The molecule has 0 aliphatic carbocycles. The van der Waals surface area contributed by atoms with Crippen LogP contribution < -0.4 is 10.3 Å². The van der Waals surface area contributed by atoms with E-state index in [0.29, 0.717) is 23.5 Å². The summed E-state index contributed by atoms with van der Waals surface area (Å²) in [6.45, 7) is 2.42. The molecule has 1 aliphatic heterocycles. The average Bonchev–Trinajstić information content (AvgIpc) is 2.83. The van der Waals surface area contributed by atoms with E-state index in [1.165, 1.54) is 10.5 Å².